The van der Waals surface area contributed by atoms with Gasteiger partial charge < -0.3 is 15.3 Å². The van der Waals surface area contributed by atoms with Gasteiger partial charge in [0.2, 0.25) is 0 Å². The van der Waals surface area contributed by atoms with Gasteiger partial charge in [-0.25, -0.2) is 4.79 Å². The van der Waals surface area contributed by atoms with Gasteiger partial charge in [-0.3, -0.25) is 4.79 Å². The maximum atomic E-state index is 12.1. The van der Waals surface area contributed by atoms with Crippen LogP contribution in [0, 0.1) is 0 Å². The van der Waals surface area contributed by atoms with Crippen LogP contribution in [0.4, 0.5) is 4.79 Å². The number of hydrogen-bond acceptors (Lipinski definition) is 3. The van der Waals surface area contributed by atoms with Gasteiger partial charge in [0.05, 0.1) is 6.42 Å². The average molecular weight is 290 g/mol. The van der Waals surface area contributed by atoms with Gasteiger partial charge in [-0.2, -0.15) is 11.8 Å². The Balaban J connectivity index is 4.20. The smallest absolute Gasteiger partial charge is 0.317 e. The molecule has 0 bridgehead atoms. The van der Waals surface area contributed by atoms with Crippen LogP contribution in [0.5, 0.6) is 0 Å². The number of urea groups is 1. The minimum Gasteiger partial charge on any atom is -0.481 e. The van der Waals surface area contributed by atoms with Crippen LogP contribution in [0.3, 0.4) is 0 Å². The fourth-order valence-electron chi connectivity index (χ4n) is 1.58. The van der Waals surface area contributed by atoms with E-state index in [9.17, 15) is 9.59 Å². The third-order valence-electron chi connectivity index (χ3n) is 2.72. The molecule has 0 heterocycles. The zero-order valence-corrected chi connectivity index (χ0v) is 13.1. The number of rotatable bonds is 9. The molecule has 0 aromatic heterocycles. The quantitative estimate of drug-likeness (QED) is 0.640. The van der Waals surface area contributed by atoms with Crippen LogP contribution in [0.25, 0.3) is 0 Å². The van der Waals surface area contributed by atoms with Crippen LogP contribution in [0.2, 0.25) is 0 Å². The van der Waals surface area contributed by atoms with Gasteiger partial charge in [0.25, 0.3) is 0 Å². The molecule has 2 amide bonds. The Morgan fingerprint density at radius 1 is 1.32 bits per heavy atom. The molecule has 0 fully saturated rings. The minimum atomic E-state index is -0.883. The molecule has 6 heteroatoms. The standard InChI is InChI=1S/C13H26N2O3S/c1-5-19-9-7-11(4)14-13(18)15(10(2)3)8-6-12(16)17/h10-11H,5-9H2,1-4H3,(H,14,18)(H,16,17). The minimum absolute atomic E-state index is 0.00318. The maximum Gasteiger partial charge on any atom is 0.317 e. The van der Waals surface area contributed by atoms with E-state index in [-0.39, 0.29) is 31.1 Å². The van der Waals surface area contributed by atoms with Crippen molar-refractivity contribution in [1.29, 1.82) is 0 Å². The molecule has 0 aromatic rings. The first-order valence-electron chi connectivity index (χ1n) is 6.75. The summed E-state index contributed by atoms with van der Waals surface area (Å²) in [6, 6.07) is -0.0700. The molecule has 112 valence electrons. The van der Waals surface area contributed by atoms with Gasteiger partial charge in [0.15, 0.2) is 0 Å². The summed E-state index contributed by atoms with van der Waals surface area (Å²) in [5.41, 5.74) is 0. The number of nitrogens with zero attached hydrogens (tertiary/aromatic N) is 1. The van der Waals surface area contributed by atoms with E-state index < -0.39 is 5.97 Å². The van der Waals surface area contributed by atoms with Crippen molar-refractivity contribution in [2.75, 3.05) is 18.1 Å². The molecule has 0 rings (SSSR count). The lowest BCUT2D eigenvalue weighted by atomic mass is 10.2. The Morgan fingerprint density at radius 2 is 1.95 bits per heavy atom. The van der Waals surface area contributed by atoms with E-state index >= 15 is 0 Å². The Hall–Kier alpha value is -0.910. The molecular formula is C13H26N2O3S. The first kappa shape index (κ1) is 18.1. The summed E-state index contributed by atoms with van der Waals surface area (Å²) in [5.74, 6) is 1.22. The first-order chi connectivity index (χ1) is 8.88. The normalized spacial score (nSPS) is 12.3. The highest BCUT2D eigenvalue weighted by Crippen LogP contribution is 2.06. The number of amides is 2. The number of thioether (sulfide) groups is 1. The highest BCUT2D eigenvalue weighted by Gasteiger charge is 2.19. The predicted octanol–water partition coefficient (Wildman–Crippen LogP) is 2.41. The van der Waals surface area contributed by atoms with Gasteiger partial charge in [-0.05, 0) is 38.7 Å². The number of nitrogens with one attached hydrogen (secondary N) is 1. The maximum absolute atomic E-state index is 12.1. The van der Waals surface area contributed by atoms with Crippen molar-refractivity contribution < 1.29 is 14.7 Å². The van der Waals surface area contributed by atoms with Crippen LogP contribution in [0.15, 0.2) is 0 Å². The Labute approximate surface area is 120 Å². The number of carboxylic acid groups (broad SMARTS) is 1. The predicted molar refractivity (Wildman–Crippen MR) is 79.7 cm³/mol. The second-order valence-corrected chi connectivity index (χ2v) is 6.16. The van der Waals surface area contributed by atoms with E-state index in [0.717, 1.165) is 17.9 Å². The Bertz CT molecular complexity index is 285. The fraction of sp³-hybridized carbons (Fsp3) is 0.846. The van der Waals surface area contributed by atoms with Gasteiger partial charge in [-0.15, -0.1) is 0 Å². The van der Waals surface area contributed by atoms with Crippen LogP contribution in [0.1, 0.15) is 40.5 Å². The zero-order valence-electron chi connectivity index (χ0n) is 12.3. The lowest BCUT2D eigenvalue weighted by molar-refractivity contribution is -0.137. The van der Waals surface area contributed by atoms with Gasteiger partial charge >= 0.3 is 12.0 Å². The van der Waals surface area contributed by atoms with Crippen LogP contribution >= 0.6 is 11.8 Å². The van der Waals surface area contributed by atoms with Crippen molar-refractivity contribution in [1.82, 2.24) is 10.2 Å². The highest BCUT2D eigenvalue weighted by molar-refractivity contribution is 7.99. The molecule has 0 aliphatic heterocycles. The molecular weight excluding hydrogens is 264 g/mol. The number of hydrogen-bond donors (Lipinski definition) is 2. The molecule has 0 saturated carbocycles. The third-order valence-corrected chi connectivity index (χ3v) is 3.65. The Morgan fingerprint density at radius 3 is 2.42 bits per heavy atom. The van der Waals surface area contributed by atoms with E-state index in [1.807, 2.05) is 32.5 Å². The average Bonchev–Trinajstić information content (AvgIpc) is 2.28. The molecule has 0 aliphatic rings. The topological polar surface area (TPSA) is 69.6 Å². The summed E-state index contributed by atoms with van der Waals surface area (Å²) in [6.07, 6.45) is 0.904. The van der Waals surface area contributed by atoms with Crippen molar-refractivity contribution >= 4 is 23.8 Å². The van der Waals surface area contributed by atoms with E-state index in [0.29, 0.717) is 0 Å². The van der Waals surface area contributed by atoms with Gasteiger partial charge in [0.1, 0.15) is 0 Å². The van der Waals surface area contributed by atoms with Crippen LogP contribution < -0.4 is 5.32 Å². The molecule has 0 aliphatic carbocycles. The summed E-state index contributed by atoms with van der Waals surface area (Å²) in [7, 11) is 0. The fourth-order valence-corrected chi connectivity index (χ4v) is 2.39. The third kappa shape index (κ3) is 8.75. The molecule has 1 unspecified atom stereocenters. The van der Waals surface area contributed by atoms with Crippen molar-refractivity contribution in [3.05, 3.63) is 0 Å². The molecule has 0 aromatic carbocycles. The second kappa shape index (κ2) is 9.95. The van der Waals surface area contributed by atoms with Crippen molar-refractivity contribution in [2.24, 2.45) is 0 Å². The number of carbonyl (C=O) groups excluding carboxylic acids is 1. The summed E-state index contributed by atoms with van der Waals surface area (Å²) >= 11 is 1.85. The van der Waals surface area contributed by atoms with E-state index in [1.54, 1.807) is 4.90 Å². The lowest BCUT2D eigenvalue weighted by Gasteiger charge is -2.28. The number of carbonyl (C=O) groups is 2. The van der Waals surface area contributed by atoms with E-state index in [2.05, 4.69) is 12.2 Å². The summed E-state index contributed by atoms with van der Waals surface area (Å²) < 4.78 is 0. The molecule has 0 spiro atoms. The molecule has 0 saturated heterocycles. The Kier molecular flexibility index (Phi) is 9.47. The first-order valence-corrected chi connectivity index (χ1v) is 7.90. The molecule has 1 atom stereocenters. The van der Waals surface area contributed by atoms with Crippen LogP contribution in [-0.4, -0.2) is 52.1 Å². The van der Waals surface area contributed by atoms with Crippen molar-refractivity contribution in [3.8, 4) is 0 Å². The monoisotopic (exact) mass is 290 g/mol. The van der Waals surface area contributed by atoms with E-state index in [1.165, 1.54) is 0 Å². The SMILES string of the molecule is CCSCCC(C)NC(=O)N(CCC(=O)O)C(C)C. The number of carboxylic acids is 1. The second-order valence-electron chi connectivity index (χ2n) is 4.77. The molecule has 0 radical (unpaired) electrons. The number of aliphatic carboxylic acids is 1. The largest absolute Gasteiger partial charge is 0.481 e. The highest BCUT2D eigenvalue weighted by atomic mass is 32.2. The van der Waals surface area contributed by atoms with Gasteiger partial charge in [-0.1, -0.05) is 6.92 Å². The molecule has 2 N–H and O–H groups in total. The summed E-state index contributed by atoms with van der Waals surface area (Å²) in [5, 5.41) is 11.6. The summed E-state index contributed by atoms with van der Waals surface area (Å²) in [4.78, 5) is 24.2. The lowest BCUT2D eigenvalue weighted by Crippen LogP contribution is -2.47. The molecule has 5 nitrogen and oxygen atoms in total. The van der Waals surface area contributed by atoms with Crippen LogP contribution in [-0.2, 0) is 4.79 Å². The van der Waals surface area contributed by atoms with Gasteiger partial charge in [0, 0.05) is 18.6 Å². The van der Waals surface area contributed by atoms with E-state index in [4.69, 9.17) is 5.11 Å². The van der Waals surface area contributed by atoms with Crippen molar-refractivity contribution in [3.63, 3.8) is 0 Å². The summed E-state index contributed by atoms with van der Waals surface area (Å²) in [6.45, 7) is 8.11. The molecule has 19 heavy (non-hydrogen) atoms. The zero-order chi connectivity index (χ0) is 14.8. The van der Waals surface area contributed by atoms with Crippen molar-refractivity contribution in [2.45, 2.75) is 52.6 Å².